The molecule has 0 bridgehead atoms. The van der Waals surface area contributed by atoms with Crippen LogP contribution in [0.15, 0.2) is 12.7 Å². The third-order valence-electron chi connectivity index (χ3n) is 4.50. The number of rotatable bonds is 4. The molecule has 0 aromatic rings. The molecule has 3 unspecified atom stereocenters. The molecule has 2 aliphatic rings. The Morgan fingerprint density at radius 1 is 1.30 bits per heavy atom. The summed E-state index contributed by atoms with van der Waals surface area (Å²) >= 11 is 0. The molecule has 5 nitrogen and oxygen atoms in total. The second kappa shape index (κ2) is 6.77. The van der Waals surface area contributed by atoms with Crippen LogP contribution in [0.25, 0.3) is 0 Å². The zero-order chi connectivity index (χ0) is 14.5. The molecule has 1 saturated carbocycles. The lowest BCUT2D eigenvalue weighted by Crippen LogP contribution is -2.55. The number of nitrogens with one attached hydrogen (secondary N) is 1. The van der Waals surface area contributed by atoms with E-state index in [4.69, 9.17) is 5.11 Å². The first-order chi connectivity index (χ1) is 9.63. The van der Waals surface area contributed by atoms with Gasteiger partial charge in [0.15, 0.2) is 0 Å². The fourth-order valence-electron chi connectivity index (χ4n) is 3.50. The van der Waals surface area contributed by atoms with Gasteiger partial charge in [-0.15, -0.1) is 6.58 Å². The Morgan fingerprint density at radius 3 is 2.70 bits per heavy atom. The Bertz CT molecular complexity index is 381. The summed E-state index contributed by atoms with van der Waals surface area (Å²) in [5.74, 6) is -0.401. The summed E-state index contributed by atoms with van der Waals surface area (Å²) in [5.41, 5.74) is 0. The number of hydrogen-bond donors (Lipinski definition) is 2. The molecule has 1 aliphatic carbocycles. The molecule has 0 aromatic heterocycles. The van der Waals surface area contributed by atoms with Crippen LogP contribution < -0.4 is 5.32 Å². The maximum atomic E-state index is 12.4. The topological polar surface area (TPSA) is 69.6 Å². The molecule has 20 heavy (non-hydrogen) atoms. The van der Waals surface area contributed by atoms with Crippen molar-refractivity contribution in [2.75, 3.05) is 6.54 Å². The van der Waals surface area contributed by atoms with Gasteiger partial charge in [-0.25, -0.2) is 9.59 Å². The van der Waals surface area contributed by atoms with Gasteiger partial charge in [0.2, 0.25) is 0 Å². The molecule has 5 heteroatoms. The summed E-state index contributed by atoms with van der Waals surface area (Å²) in [6.45, 7) is 4.28. The normalized spacial score (nSPS) is 27.3. The highest BCUT2D eigenvalue weighted by molar-refractivity contribution is 5.83. The van der Waals surface area contributed by atoms with E-state index in [0.29, 0.717) is 12.0 Å². The van der Waals surface area contributed by atoms with Gasteiger partial charge in [0.25, 0.3) is 0 Å². The van der Waals surface area contributed by atoms with Crippen LogP contribution in [0.1, 0.15) is 44.9 Å². The van der Waals surface area contributed by atoms with Gasteiger partial charge in [-0.1, -0.05) is 18.9 Å². The molecular weight excluding hydrogens is 256 g/mol. The van der Waals surface area contributed by atoms with Crippen LogP contribution in [0.5, 0.6) is 0 Å². The number of carbonyl (C=O) groups excluding carboxylic acids is 1. The van der Waals surface area contributed by atoms with Crippen molar-refractivity contribution in [3.63, 3.8) is 0 Å². The number of urea groups is 1. The average molecular weight is 280 g/mol. The molecule has 2 rings (SSSR count). The van der Waals surface area contributed by atoms with Gasteiger partial charge in [-0.2, -0.15) is 0 Å². The standard InChI is InChI=1S/C15H24N2O3/c1-2-6-12(14(18)19)16-15(20)17-10-5-8-11-7-3-4-9-13(11)17/h2,11-13H,1,3-10H2,(H,16,20)(H,18,19). The molecule has 112 valence electrons. The predicted molar refractivity (Wildman–Crippen MR) is 76.5 cm³/mol. The van der Waals surface area contributed by atoms with Crippen LogP contribution in [0.3, 0.4) is 0 Å². The highest BCUT2D eigenvalue weighted by atomic mass is 16.4. The molecule has 2 amide bonds. The van der Waals surface area contributed by atoms with E-state index in [1.165, 1.54) is 31.8 Å². The Hall–Kier alpha value is -1.52. The van der Waals surface area contributed by atoms with Gasteiger partial charge < -0.3 is 15.3 Å². The maximum Gasteiger partial charge on any atom is 0.326 e. The first-order valence-electron chi connectivity index (χ1n) is 7.54. The summed E-state index contributed by atoms with van der Waals surface area (Å²) in [6, 6.07) is -0.796. The largest absolute Gasteiger partial charge is 0.480 e. The lowest BCUT2D eigenvalue weighted by molar-refractivity contribution is -0.139. The van der Waals surface area contributed by atoms with Crippen LogP contribution in [0.4, 0.5) is 4.79 Å². The number of nitrogens with zero attached hydrogens (tertiary/aromatic N) is 1. The number of hydrogen-bond acceptors (Lipinski definition) is 2. The van der Waals surface area contributed by atoms with Crippen molar-refractivity contribution in [2.24, 2.45) is 5.92 Å². The van der Waals surface area contributed by atoms with Gasteiger partial charge in [-0.05, 0) is 38.0 Å². The first kappa shape index (κ1) is 14.9. The summed E-state index contributed by atoms with van der Waals surface area (Å²) < 4.78 is 0. The van der Waals surface area contributed by atoms with E-state index in [9.17, 15) is 9.59 Å². The van der Waals surface area contributed by atoms with Crippen LogP contribution in [-0.4, -0.2) is 40.6 Å². The number of aliphatic carboxylic acids is 1. The molecule has 0 spiro atoms. The summed E-state index contributed by atoms with van der Waals surface area (Å²) in [6.07, 6.45) is 8.67. The zero-order valence-corrected chi connectivity index (χ0v) is 11.9. The van der Waals surface area contributed by atoms with E-state index in [1.54, 1.807) is 0 Å². The zero-order valence-electron chi connectivity index (χ0n) is 11.9. The number of amides is 2. The number of carboxylic acid groups (broad SMARTS) is 1. The van der Waals surface area contributed by atoms with E-state index >= 15 is 0 Å². The lowest BCUT2D eigenvalue weighted by Gasteiger charge is -2.44. The summed E-state index contributed by atoms with van der Waals surface area (Å²) in [5, 5.41) is 11.7. The minimum atomic E-state index is -1.00. The molecule has 0 radical (unpaired) electrons. The van der Waals surface area contributed by atoms with E-state index in [0.717, 1.165) is 19.4 Å². The van der Waals surface area contributed by atoms with Gasteiger partial charge >= 0.3 is 12.0 Å². The van der Waals surface area contributed by atoms with E-state index < -0.39 is 12.0 Å². The number of likely N-dealkylation sites (tertiary alicyclic amines) is 1. The smallest absolute Gasteiger partial charge is 0.326 e. The van der Waals surface area contributed by atoms with Crippen LogP contribution >= 0.6 is 0 Å². The second-order valence-electron chi connectivity index (χ2n) is 5.81. The Morgan fingerprint density at radius 2 is 2.00 bits per heavy atom. The lowest BCUT2D eigenvalue weighted by atomic mass is 9.78. The highest BCUT2D eigenvalue weighted by Gasteiger charge is 2.36. The van der Waals surface area contributed by atoms with Crippen molar-refractivity contribution in [3.05, 3.63) is 12.7 Å². The molecule has 0 aromatic carbocycles. The van der Waals surface area contributed by atoms with Gasteiger partial charge in [-0.3, -0.25) is 0 Å². The highest BCUT2D eigenvalue weighted by Crippen LogP contribution is 2.35. The Kier molecular flexibility index (Phi) is 5.04. The van der Waals surface area contributed by atoms with Crippen molar-refractivity contribution < 1.29 is 14.7 Å². The number of fused-ring (bicyclic) bond motifs is 1. The predicted octanol–water partition coefficient (Wildman–Crippen LogP) is 2.38. The van der Waals surface area contributed by atoms with Crippen molar-refractivity contribution >= 4 is 12.0 Å². The SMILES string of the molecule is C=CCC(NC(=O)N1CCCC2CCCCC21)C(=O)O. The fourth-order valence-corrected chi connectivity index (χ4v) is 3.50. The van der Waals surface area contributed by atoms with Crippen molar-refractivity contribution in [3.8, 4) is 0 Å². The Labute approximate surface area is 120 Å². The molecule has 3 atom stereocenters. The number of carbonyl (C=O) groups is 2. The summed E-state index contributed by atoms with van der Waals surface area (Å²) in [4.78, 5) is 25.3. The first-order valence-corrected chi connectivity index (χ1v) is 7.54. The second-order valence-corrected chi connectivity index (χ2v) is 5.81. The van der Waals surface area contributed by atoms with Gasteiger partial charge in [0, 0.05) is 12.6 Å². The minimum Gasteiger partial charge on any atom is -0.480 e. The quantitative estimate of drug-likeness (QED) is 0.777. The molecular formula is C15H24N2O3. The van der Waals surface area contributed by atoms with Crippen LogP contribution in [-0.2, 0) is 4.79 Å². The number of carboxylic acids is 1. The van der Waals surface area contributed by atoms with Gasteiger partial charge in [0.1, 0.15) is 6.04 Å². The Balaban J connectivity index is 1.99. The van der Waals surface area contributed by atoms with Crippen LogP contribution in [0, 0.1) is 5.92 Å². The maximum absolute atomic E-state index is 12.4. The van der Waals surface area contributed by atoms with Crippen molar-refractivity contribution in [1.29, 1.82) is 0 Å². The minimum absolute atomic E-state index is 0.226. The average Bonchev–Trinajstić information content (AvgIpc) is 2.46. The van der Waals surface area contributed by atoms with Crippen molar-refractivity contribution in [2.45, 2.75) is 57.0 Å². The molecule has 1 aliphatic heterocycles. The third kappa shape index (κ3) is 3.32. The monoisotopic (exact) mass is 280 g/mol. The van der Waals surface area contributed by atoms with E-state index in [2.05, 4.69) is 11.9 Å². The molecule has 1 saturated heterocycles. The summed E-state index contributed by atoms with van der Waals surface area (Å²) in [7, 11) is 0. The van der Waals surface area contributed by atoms with E-state index in [-0.39, 0.29) is 12.5 Å². The van der Waals surface area contributed by atoms with Gasteiger partial charge in [0.05, 0.1) is 0 Å². The fraction of sp³-hybridized carbons (Fsp3) is 0.733. The van der Waals surface area contributed by atoms with Crippen molar-refractivity contribution in [1.82, 2.24) is 10.2 Å². The number of piperidine rings is 1. The molecule has 2 fully saturated rings. The molecule has 2 N–H and O–H groups in total. The van der Waals surface area contributed by atoms with E-state index in [1.807, 2.05) is 4.90 Å². The third-order valence-corrected chi connectivity index (χ3v) is 4.50. The van der Waals surface area contributed by atoms with Crippen LogP contribution in [0.2, 0.25) is 0 Å². The molecule has 1 heterocycles.